The van der Waals surface area contributed by atoms with E-state index in [4.69, 9.17) is 10.5 Å². The summed E-state index contributed by atoms with van der Waals surface area (Å²) in [7, 11) is 1.70. The molecule has 1 aliphatic heterocycles. The summed E-state index contributed by atoms with van der Waals surface area (Å²) in [5, 5.41) is 0. The molecule has 2 atom stereocenters. The molecular formula is C14H23ClN2O. The zero-order valence-corrected chi connectivity index (χ0v) is 12.0. The number of benzene rings is 1. The van der Waals surface area contributed by atoms with Crippen LogP contribution in [0.2, 0.25) is 0 Å². The molecule has 1 heterocycles. The molecule has 2 rings (SSSR count). The summed E-state index contributed by atoms with van der Waals surface area (Å²) in [5.74, 6) is 1.52. The summed E-state index contributed by atoms with van der Waals surface area (Å²) in [4.78, 5) is 2.48. The second kappa shape index (κ2) is 6.98. The van der Waals surface area contributed by atoms with Crippen LogP contribution in [0.15, 0.2) is 24.3 Å². The number of hydrogen-bond acceptors (Lipinski definition) is 3. The van der Waals surface area contributed by atoms with Gasteiger partial charge in [0.15, 0.2) is 0 Å². The third-order valence-electron chi connectivity index (χ3n) is 3.62. The van der Waals surface area contributed by atoms with Gasteiger partial charge in [-0.05, 0) is 36.6 Å². The third kappa shape index (κ3) is 3.87. The van der Waals surface area contributed by atoms with Gasteiger partial charge in [-0.25, -0.2) is 0 Å². The van der Waals surface area contributed by atoms with Crippen molar-refractivity contribution >= 4 is 12.4 Å². The molecule has 0 saturated carbocycles. The van der Waals surface area contributed by atoms with E-state index in [-0.39, 0.29) is 12.4 Å². The Morgan fingerprint density at radius 1 is 1.33 bits per heavy atom. The molecule has 1 aliphatic rings. The van der Waals surface area contributed by atoms with Crippen molar-refractivity contribution in [3.8, 4) is 5.75 Å². The van der Waals surface area contributed by atoms with E-state index in [0.717, 1.165) is 31.8 Å². The van der Waals surface area contributed by atoms with Gasteiger partial charge in [0, 0.05) is 19.1 Å². The van der Waals surface area contributed by atoms with Crippen molar-refractivity contribution in [1.82, 2.24) is 4.90 Å². The molecule has 0 bridgehead atoms. The summed E-state index contributed by atoms with van der Waals surface area (Å²) >= 11 is 0. The van der Waals surface area contributed by atoms with Crippen molar-refractivity contribution in [3.05, 3.63) is 29.8 Å². The fourth-order valence-corrected chi connectivity index (χ4v) is 2.38. The monoisotopic (exact) mass is 270 g/mol. The van der Waals surface area contributed by atoms with E-state index in [1.807, 2.05) is 12.1 Å². The highest BCUT2D eigenvalue weighted by molar-refractivity contribution is 5.85. The summed E-state index contributed by atoms with van der Waals surface area (Å²) < 4.78 is 5.16. The molecule has 102 valence electrons. The molecule has 0 spiro atoms. The molecule has 2 N–H and O–H groups in total. The summed E-state index contributed by atoms with van der Waals surface area (Å²) in [5.41, 5.74) is 7.37. The molecule has 4 heteroatoms. The Bertz CT molecular complexity index is 355. The third-order valence-corrected chi connectivity index (χ3v) is 3.62. The SMILES string of the molecule is COc1ccc(CN2CCC(N)C(C)C2)cc1.Cl. The predicted molar refractivity (Wildman–Crippen MR) is 77.3 cm³/mol. The number of nitrogens with zero attached hydrogens (tertiary/aromatic N) is 1. The molecule has 3 nitrogen and oxygen atoms in total. The van der Waals surface area contributed by atoms with E-state index in [1.54, 1.807) is 7.11 Å². The normalized spacial score (nSPS) is 24.4. The minimum atomic E-state index is 0. The molecule has 1 aromatic rings. The molecule has 0 aromatic heterocycles. The number of likely N-dealkylation sites (tertiary alicyclic amines) is 1. The van der Waals surface area contributed by atoms with Crippen LogP contribution in [0.1, 0.15) is 18.9 Å². The number of hydrogen-bond donors (Lipinski definition) is 1. The van der Waals surface area contributed by atoms with Crippen LogP contribution < -0.4 is 10.5 Å². The molecule has 1 aromatic carbocycles. The Kier molecular flexibility index (Phi) is 5.93. The molecule has 1 saturated heterocycles. The Morgan fingerprint density at radius 2 is 2.00 bits per heavy atom. The minimum Gasteiger partial charge on any atom is -0.497 e. The Hall–Kier alpha value is -0.770. The van der Waals surface area contributed by atoms with Gasteiger partial charge in [0.05, 0.1) is 7.11 Å². The lowest BCUT2D eigenvalue weighted by Gasteiger charge is -2.35. The van der Waals surface area contributed by atoms with Crippen molar-refractivity contribution in [2.24, 2.45) is 11.7 Å². The fourth-order valence-electron chi connectivity index (χ4n) is 2.38. The smallest absolute Gasteiger partial charge is 0.118 e. The molecule has 0 radical (unpaired) electrons. The lowest BCUT2D eigenvalue weighted by molar-refractivity contribution is 0.158. The van der Waals surface area contributed by atoms with Crippen molar-refractivity contribution in [3.63, 3.8) is 0 Å². The molecule has 0 amide bonds. The van der Waals surface area contributed by atoms with Crippen molar-refractivity contribution in [2.45, 2.75) is 25.9 Å². The Labute approximate surface area is 116 Å². The van der Waals surface area contributed by atoms with E-state index in [1.165, 1.54) is 5.56 Å². The molecular weight excluding hydrogens is 248 g/mol. The van der Waals surface area contributed by atoms with Gasteiger partial charge in [-0.3, -0.25) is 4.90 Å². The van der Waals surface area contributed by atoms with Gasteiger partial charge in [0.2, 0.25) is 0 Å². The first-order chi connectivity index (χ1) is 8.19. The number of rotatable bonds is 3. The highest BCUT2D eigenvalue weighted by Gasteiger charge is 2.22. The first kappa shape index (κ1) is 15.3. The van der Waals surface area contributed by atoms with Crippen molar-refractivity contribution < 1.29 is 4.74 Å². The van der Waals surface area contributed by atoms with Gasteiger partial charge in [0.25, 0.3) is 0 Å². The number of methoxy groups -OCH3 is 1. The van der Waals surface area contributed by atoms with Crippen LogP contribution in [0.5, 0.6) is 5.75 Å². The maximum atomic E-state index is 6.03. The largest absolute Gasteiger partial charge is 0.497 e. The first-order valence-electron chi connectivity index (χ1n) is 6.30. The number of piperidine rings is 1. The van der Waals surface area contributed by atoms with E-state index in [9.17, 15) is 0 Å². The second-order valence-electron chi connectivity index (χ2n) is 5.01. The lowest BCUT2D eigenvalue weighted by Crippen LogP contribution is -2.45. The lowest BCUT2D eigenvalue weighted by atomic mass is 9.94. The Morgan fingerprint density at radius 3 is 2.56 bits per heavy atom. The van der Waals surface area contributed by atoms with Gasteiger partial charge in [0.1, 0.15) is 5.75 Å². The van der Waals surface area contributed by atoms with Crippen LogP contribution >= 0.6 is 12.4 Å². The number of nitrogens with two attached hydrogens (primary N) is 1. The van der Waals surface area contributed by atoms with Crippen LogP contribution in [0.25, 0.3) is 0 Å². The summed E-state index contributed by atoms with van der Waals surface area (Å²) in [6.07, 6.45) is 1.11. The maximum absolute atomic E-state index is 6.03. The van der Waals surface area contributed by atoms with Crippen LogP contribution in [0.4, 0.5) is 0 Å². The molecule has 18 heavy (non-hydrogen) atoms. The van der Waals surface area contributed by atoms with E-state index in [0.29, 0.717) is 12.0 Å². The van der Waals surface area contributed by atoms with E-state index in [2.05, 4.69) is 24.0 Å². The van der Waals surface area contributed by atoms with Crippen LogP contribution in [0.3, 0.4) is 0 Å². The highest BCUT2D eigenvalue weighted by Crippen LogP contribution is 2.18. The zero-order chi connectivity index (χ0) is 12.3. The van der Waals surface area contributed by atoms with Gasteiger partial charge in [-0.1, -0.05) is 19.1 Å². The number of halogens is 1. The van der Waals surface area contributed by atoms with Gasteiger partial charge in [-0.15, -0.1) is 12.4 Å². The van der Waals surface area contributed by atoms with Crippen molar-refractivity contribution in [1.29, 1.82) is 0 Å². The highest BCUT2D eigenvalue weighted by atomic mass is 35.5. The quantitative estimate of drug-likeness (QED) is 0.916. The maximum Gasteiger partial charge on any atom is 0.118 e. The van der Waals surface area contributed by atoms with Gasteiger partial charge >= 0.3 is 0 Å². The van der Waals surface area contributed by atoms with E-state index < -0.39 is 0 Å². The van der Waals surface area contributed by atoms with Gasteiger partial charge < -0.3 is 10.5 Å². The van der Waals surface area contributed by atoms with E-state index >= 15 is 0 Å². The van der Waals surface area contributed by atoms with Crippen LogP contribution in [-0.2, 0) is 6.54 Å². The standard InChI is InChI=1S/C14H22N2O.ClH/c1-11-9-16(8-7-14(11)15)10-12-3-5-13(17-2)6-4-12;/h3-6,11,14H,7-10,15H2,1-2H3;1H. The molecule has 1 fully saturated rings. The summed E-state index contributed by atoms with van der Waals surface area (Å²) in [6.45, 7) is 5.47. The van der Waals surface area contributed by atoms with Crippen molar-refractivity contribution in [2.75, 3.05) is 20.2 Å². The number of ether oxygens (including phenoxy) is 1. The fraction of sp³-hybridized carbons (Fsp3) is 0.571. The molecule has 0 aliphatic carbocycles. The first-order valence-corrected chi connectivity index (χ1v) is 6.30. The predicted octanol–water partition coefficient (Wildman–Crippen LogP) is 2.29. The zero-order valence-electron chi connectivity index (χ0n) is 11.1. The molecule has 2 unspecified atom stereocenters. The van der Waals surface area contributed by atoms with Gasteiger partial charge in [-0.2, -0.15) is 0 Å². The topological polar surface area (TPSA) is 38.5 Å². The average Bonchev–Trinajstić information content (AvgIpc) is 2.35. The Balaban J connectivity index is 0.00000162. The average molecular weight is 271 g/mol. The minimum absolute atomic E-state index is 0. The summed E-state index contributed by atoms with van der Waals surface area (Å²) in [6, 6.07) is 8.70. The second-order valence-corrected chi connectivity index (χ2v) is 5.01. The van der Waals surface area contributed by atoms with Crippen LogP contribution in [0, 0.1) is 5.92 Å². The van der Waals surface area contributed by atoms with Crippen LogP contribution in [-0.4, -0.2) is 31.1 Å².